The molecule has 0 aliphatic carbocycles. The molecule has 0 aromatic heterocycles. The van der Waals surface area contributed by atoms with E-state index in [4.69, 9.17) is 4.74 Å². The first-order valence-corrected chi connectivity index (χ1v) is 8.55. The van der Waals surface area contributed by atoms with Crippen LogP contribution in [0.15, 0.2) is 23.2 Å². The van der Waals surface area contributed by atoms with E-state index in [0.29, 0.717) is 18.2 Å². The van der Waals surface area contributed by atoms with Gasteiger partial charge in [0.15, 0.2) is 5.96 Å². The Morgan fingerprint density at radius 2 is 1.92 bits per heavy atom. The molecule has 0 heterocycles. The van der Waals surface area contributed by atoms with E-state index in [9.17, 15) is 4.39 Å². The number of anilines is 1. The number of hydrogen-bond donors (Lipinski definition) is 2. The van der Waals surface area contributed by atoms with Crippen LogP contribution < -0.4 is 15.5 Å². The number of ether oxygens (including phenoxy) is 1. The number of nitrogens with zero attached hydrogens (tertiary/aromatic N) is 3. The summed E-state index contributed by atoms with van der Waals surface area (Å²) in [4.78, 5) is 8.20. The van der Waals surface area contributed by atoms with Crippen molar-refractivity contribution >= 4 is 35.6 Å². The number of aliphatic imine (C=N–C) groups is 1. The Balaban J connectivity index is 0.00000625. The van der Waals surface area contributed by atoms with Crippen LogP contribution in [0.1, 0.15) is 12.0 Å². The molecule has 2 N–H and O–H groups in total. The van der Waals surface area contributed by atoms with Crippen molar-refractivity contribution in [1.29, 1.82) is 0 Å². The molecule has 150 valence electrons. The number of guanidine groups is 1. The lowest BCUT2D eigenvalue weighted by Gasteiger charge is -2.18. The zero-order valence-corrected chi connectivity index (χ0v) is 18.8. The van der Waals surface area contributed by atoms with Crippen molar-refractivity contribution in [2.24, 2.45) is 4.99 Å². The fourth-order valence-electron chi connectivity index (χ4n) is 2.39. The van der Waals surface area contributed by atoms with Crippen molar-refractivity contribution in [3.8, 4) is 0 Å². The third-order valence-electron chi connectivity index (χ3n) is 3.85. The Labute approximate surface area is 174 Å². The van der Waals surface area contributed by atoms with Gasteiger partial charge in [-0.2, -0.15) is 0 Å². The van der Waals surface area contributed by atoms with E-state index in [0.717, 1.165) is 38.2 Å². The van der Waals surface area contributed by atoms with E-state index in [1.807, 2.05) is 20.2 Å². The largest absolute Gasteiger partial charge is 0.385 e. The van der Waals surface area contributed by atoms with Gasteiger partial charge in [-0.05, 0) is 31.2 Å². The predicted molar refractivity (Wildman–Crippen MR) is 118 cm³/mol. The third-order valence-corrected chi connectivity index (χ3v) is 3.85. The van der Waals surface area contributed by atoms with Crippen LogP contribution in [0.5, 0.6) is 0 Å². The SMILES string of the molecule is CN=C(NCCN(C)CCCOC)NCc1ccc(N(C)C)c(F)c1.I. The lowest BCUT2D eigenvalue weighted by atomic mass is 10.2. The standard InChI is InChI=1S/C18H32FN5O.HI/c1-20-18(21-9-11-24(4)10-6-12-25-5)22-14-15-7-8-17(23(2)3)16(19)13-15;/h7-8,13H,6,9-12,14H2,1-5H3,(H2,20,21,22);1H. The second-order valence-electron chi connectivity index (χ2n) is 6.18. The second kappa shape index (κ2) is 14.0. The molecule has 0 saturated heterocycles. The molecule has 1 aromatic rings. The van der Waals surface area contributed by atoms with E-state index in [-0.39, 0.29) is 29.8 Å². The first-order valence-electron chi connectivity index (χ1n) is 8.55. The molecule has 1 aromatic carbocycles. The predicted octanol–water partition coefficient (Wildman–Crippen LogP) is 2.14. The first kappa shape index (κ1) is 24.9. The Bertz CT molecular complexity index is 542. The molecule has 0 spiro atoms. The van der Waals surface area contributed by atoms with Crippen LogP contribution in [0.2, 0.25) is 0 Å². The van der Waals surface area contributed by atoms with Crippen LogP contribution in [0.25, 0.3) is 0 Å². The van der Waals surface area contributed by atoms with E-state index < -0.39 is 0 Å². The molecule has 26 heavy (non-hydrogen) atoms. The molecule has 0 aliphatic heterocycles. The number of rotatable bonds is 10. The number of nitrogens with one attached hydrogen (secondary N) is 2. The summed E-state index contributed by atoms with van der Waals surface area (Å²) in [5.74, 6) is 0.493. The topological polar surface area (TPSA) is 52.1 Å². The van der Waals surface area contributed by atoms with Crippen molar-refractivity contribution in [1.82, 2.24) is 15.5 Å². The summed E-state index contributed by atoms with van der Waals surface area (Å²) in [6, 6.07) is 5.26. The van der Waals surface area contributed by atoms with Crippen molar-refractivity contribution < 1.29 is 9.13 Å². The van der Waals surface area contributed by atoms with E-state index >= 15 is 0 Å². The normalized spacial score (nSPS) is 11.3. The maximum atomic E-state index is 14.0. The maximum absolute atomic E-state index is 14.0. The maximum Gasteiger partial charge on any atom is 0.191 e. The lowest BCUT2D eigenvalue weighted by Crippen LogP contribution is -2.40. The lowest BCUT2D eigenvalue weighted by molar-refractivity contribution is 0.180. The summed E-state index contributed by atoms with van der Waals surface area (Å²) in [6.45, 7) is 4.00. The molecule has 0 bridgehead atoms. The zero-order valence-electron chi connectivity index (χ0n) is 16.5. The van der Waals surface area contributed by atoms with Crippen LogP contribution in [0.3, 0.4) is 0 Å². The summed E-state index contributed by atoms with van der Waals surface area (Å²) in [7, 11) is 9.19. The van der Waals surface area contributed by atoms with Crippen molar-refractivity contribution in [2.45, 2.75) is 13.0 Å². The number of halogens is 2. The van der Waals surface area contributed by atoms with Gasteiger partial charge in [0, 0.05) is 61.0 Å². The number of likely N-dealkylation sites (N-methyl/N-ethyl adjacent to an activating group) is 1. The quantitative estimate of drug-likeness (QED) is 0.232. The van der Waals surface area contributed by atoms with Crippen LogP contribution in [-0.2, 0) is 11.3 Å². The number of hydrogen-bond acceptors (Lipinski definition) is 4. The van der Waals surface area contributed by atoms with E-state index in [1.54, 1.807) is 31.2 Å². The third kappa shape index (κ3) is 9.54. The van der Waals surface area contributed by atoms with E-state index in [1.165, 1.54) is 0 Å². The summed E-state index contributed by atoms with van der Waals surface area (Å²) in [5, 5.41) is 6.48. The molecule has 0 radical (unpaired) electrons. The summed E-state index contributed by atoms with van der Waals surface area (Å²) >= 11 is 0. The van der Waals surface area contributed by atoms with Gasteiger partial charge < -0.3 is 25.2 Å². The van der Waals surface area contributed by atoms with Gasteiger partial charge in [0.25, 0.3) is 0 Å². The molecule has 0 fully saturated rings. The molecular weight excluding hydrogens is 448 g/mol. The smallest absolute Gasteiger partial charge is 0.191 e. The highest BCUT2D eigenvalue weighted by Gasteiger charge is 2.06. The number of methoxy groups -OCH3 is 1. The van der Waals surface area contributed by atoms with Crippen LogP contribution >= 0.6 is 24.0 Å². The van der Waals surface area contributed by atoms with Gasteiger partial charge in [0.1, 0.15) is 5.82 Å². The Morgan fingerprint density at radius 3 is 2.50 bits per heavy atom. The van der Waals surface area contributed by atoms with Gasteiger partial charge in [-0.25, -0.2) is 4.39 Å². The molecule has 0 aliphatic rings. The molecule has 0 saturated carbocycles. The van der Waals surface area contributed by atoms with Crippen molar-refractivity contribution in [3.63, 3.8) is 0 Å². The van der Waals surface area contributed by atoms with Gasteiger partial charge in [-0.3, -0.25) is 4.99 Å². The monoisotopic (exact) mass is 481 g/mol. The minimum absolute atomic E-state index is 0. The average Bonchev–Trinajstić information content (AvgIpc) is 2.57. The molecule has 8 heteroatoms. The van der Waals surface area contributed by atoms with Crippen LogP contribution in [0, 0.1) is 5.82 Å². The fourth-order valence-corrected chi connectivity index (χ4v) is 2.39. The second-order valence-corrected chi connectivity index (χ2v) is 6.18. The highest BCUT2D eigenvalue weighted by molar-refractivity contribution is 14.0. The Morgan fingerprint density at radius 1 is 1.19 bits per heavy atom. The summed E-state index contributed by atoms with van der Waals surface area (Å²) in [6.07, 6.45) is 1.02. The number of benzene rings is 1. The van der Waals surface area contributed by atoms with Gasteiger partial charge in [0.2, 0.25) is 0 Å². The molecule has 6 nitrogen and oxygen atoms in total. The Kier molecular flexibility index (Phi) is 13.4. The first-order chi connectivity index (χ1) is 12.0. The van der Waals surface area contributed by atoms with Crippen LogP contribution in [0.4, 0.5) is 10.1 Å². The van der Waals surface area contributed by atoms with Gasteiger partial charge >= 0.3 is 0 Å². The highest BCUT2D eigenvalue weighted by Crippen LogP contribution is 2.18. The summed E-state index contributed by atoms with van der Waals surface area (Å²) < 4.78 is 19.1. The van der Waals surface area contributed by atoms with Crippen molar-refractivity contribution in [2.75, 3.05) is 66.4 Å². The minimum atomic E-state index is -0.218. The Hall–Kier alpha value is -1.13. The molecule has 1 rings (SSSR count). The van der Waals surface area contributed by atoms with Crippen LogP contribution in [-0.4, -0.2) is 72.4 Å². The molecule has 0 atom stereocenters. The minimum Gasteiger partial charge on any atom is -0.385 e. The van der Waals surface area contributed by atoms with Gasteiger partial charge in [-0.1, -0.05) is 6.07 Å². The van der Waals surface area contributed by atoms with Gasteiger partial charge in [-0.15, -0.1) is 24.0 Å². The molecule has 0 unspecified atom stereocenters. The fraction of sp³-hybridized carbons (Fsp3) is 0.611. The zero-order chi connectivity index (χ0) is 18.7. The average molecular weight is 481 g/mol. The summed E-state index contributed by atoms with van der Waals surface area (Å²) in [5.41, 5.74) is 1.46. The highest BCUT2D eigenvalue weighted by atomic mass is 127. The molecular formula is C18H33FIN5O. The molecule has 0 amide bonds. The van der Waals surface area contributed by atoms with Gasteiger partial charge in [0.05, 0.1) is 5.69 Å². The van der Waals surface area contributed by atoms with Crippen molar-refractivity contribution in [3.05, 3.63) is 29.6 Å². The van der Waals surface area contributed by atoms with E-state index in [2.05, 4.69) is 27.6 Å².